The topological polar surface area (TPSA) is 92.6 Å². The number of rotatable bonds is 8. The zero-order valence-electron chi connectivity index (χ0n) is 16.6. The normalized spacial score (nSPS) is 11.8. The second-order valence-corrected chi connectivity index (χ2v) is 7.97. The van der Waals surface area contributed by atoms with E-state index in [-0.39, 0.29) is 36.5 Å². The molecule has 0 saturated heterocycles. The first-order valence-electron chi connectivity index (χ1n) is 9.25. The van der Waals surface area contributed by atoms with Crippen LogP contribution in [-0.2, 0) is 22.6 Å². The molecule has 0 heterocycles. The van der Waals surface area contributed by atoms with Crippen molar-refractivity contribution in [2.75, 3.05) is 0 Å². The van der Waals surface area contributed by atoms with E-state index in [4.69, 9.17) is 0 Å². The minimum Gasteiger partial charge on any atom is -0.352 e. The number of para-hydroxylation sites is 1. The van der Waals surface area contributed by atoms with Crippen molar-refractivity contribution in [1.82, 2.24) is 10.2 Å². The lowest BCUT2D eigenvalue weighted by molar-refractivity contribution is -0.385. The maximum atomic E-state index is 13.1. The molecule has 29 heavy (non-hydrogen) atoms. The number of benzene rings is 2. The Morgan fingerprint density at radius 2 is 1.72 bits per heavy atom. The fraction of sp³-hybridized carbons (Fsp3) is 0.333. The maximum Gasteiger partial charge on any atom is 0.273 e. The molecular weight excluding hydrogens is 438 g/mol. The fourth-order valence-corrected chi connectivity index (χ4v) is 3.14. The molecule has 2 rings (SSSR count). The van der Waals surface area contributed by atoms with Crippen molar-refractivity contribution in [2.45, 2.75) is 45.8 Å². The minimum atomic E-state index is -0.726. The van der Waals surface area contributed by atoms with Gasteiger partial charge in [-0.2, -0.15) is 0 Å². The van der Waals surface area contributed by atoms with Gasteiger partial charge in [-0.1, -0.05) is 46.3 Å². The van der Waals surface area contributed by atoms with Crippen LogP contribution >= 0.6 is 15.9 Å². The standard InChI is InChI=1S/C21H24BrN3O4/c1-14(2)23-21(27)15(3)24(13-16-8-10-18(22)11-9-16)20(26)12-17-6-4-5-7-19(17)25(28)29/h4-11,14-15H,12-13H2,1-3H3,(H,23,27)/t15-/m0/s1. The van der Waals surface area contributed by atoms with Gasteiger partial charge >= 0.3 is 0 Å². The van der Waals surface area contributed by atoms with Crippen LogP contribution in [0.5, 0.6) is 0 Å². The van der Waals surface area contributed by atoms with Crippen molar-refractivity contribution in [3.63, 3.8) is 0 Å². The Morgan fingerprint density at radius 3 is 2.31 bits per heavy atom. The molecule has 1 atom stereocenters. The Hall–Kier alpha value is -2.74. The van der Waals surface area contributed by atoms with Gasteiger partial charge in [0.2, 0.25) is 11.8 Å². The van der Waals surface area contributed by atoms with Gasteiger partial charge in [0.25, 0.3) is 5.69 Å². The van der Waals surface area contributed by atoms with Crippen LogP contribution in [-0.4, -0.2) is 33.7 Å². The zero-order valence-corrected chi connectivity index (χ0v) is 18.2. The molecule has 2 aromatic carbocycles. The molecule has 0 aliphatic carbocycles. The predicted octanol–water partition coefficient (Wildman–Crippen LogP) is 3.84. The highest BCUT2D eigenvalue weighted by atomic mass is 79.9. The minimum absolute atomic E-state index is 0.0650. The average molecular weight is 462 g/mol. The smallest absolute Gasteiger partial charge is 0.273 e. The SMILES string of the molecule is CC(C)NC(=O)[C@H](C)N(Cc1ccc(Br)cc1)C(=O)Cc1ccccc1[N+](=O)[O-]. The van der Waals surface area contributed by atoms with Crippen molar-refractivity contribution in [2.24, 2.45) is 0 Å². The van der Waals surface area contributed by atoms with Gasteiger partial charge in [0.1, 0.15) is 6.04 Å². The number of hydrogen-bond donors (Lipinski definition) is 1. The third kappa shape index (κ3) is 6.39. The lowest BCUT2D eigenvalue weighted by atomic mass is 10.1. The molecule has 0 bridgehead atoms. The quantitative estimate of drug-likeness (QED) is 0.477. The molecule has 0 spiro atoms. The largest absolute Gasteiger partial charge is 0.352 e. The van der Waals surface area contributed by atoms with Crippen LogP contribution in [0.4, 0.5) is 5.69 Å². The van der Waals surface area contributed by atoms with E-state index in [0.717, 1.165) is 10.0 Å². The summed E-state index contributed by atoms with van der Waals surface area (Å²) >= 11 is 3.38. The van der Waals surface area contributed by atoms with E-state index < -0.39 is 11.0 Å². The van der Waals surface area contributed by atoms with Crippen LogP contribution in [0.2, 0.25) is 0 Å². The van der Waals surface area contributed by atoms with Crippen LogP contribution in [0, 0.1) is 10.1 Å². The van der Waals surface area contributed by atoms with Crippen molar-refractivity contribution in [3.8, 4) is 0 Å². The van der Waals surface area contributed by atoms with Gasteiger partial charge < -0.3 is 10.2 Å². The summed E-state index contributed by atoms with van der Waals surface area (Å²) in [5.74, 6) is -0.623. The lowest BCUT2D eigenvalue weighted by Crippen LogP contribution is -2.49. The highest BCUT2D eigenvalue weighted by molar-refractivity contribution is 9.10. The van der Waals surface area contributed by atoms with E-state index in [1.807, 2.05) is 38.1 Å². The first-order valence-corrected chi connectivity index (χ1v) is 10.0. The van der Waals surface area contributed by atoms with E-state index in [1.165, 1.54) is 11.0 Å². The average Bonchev–Trinajstić information content (AvgIpc) is 2.66. The Morgan fingerprint density at radius 1 is 1.10 bits per heavy atom. The molecule has 0 saturated carbocycles. The molecule has 0 radical (unpaired) electrons. The molecule has 0 aromatic heterocycles. The lowest BCUT2D eigenvalue weighted by Gasteiger charge is -2.29. The number of nitro groups is 1. The molecule has 7 nitrogen and oxygen atoms in total. The van der Waals surface area contributed by atoms with Gasteiger partial charge in [0, 0.05) is 28.7 Å². The second-order valence-electron chi connectivity index (χ2n) is 7.05. The number of amides is 2. The monoisotopic (exact) mass is 461 g/mol. The van der Waals surface area contributed by atoms with E-state index in [2.05, 4.69) is 21.2 Å². The first kappa shape index (κ1) is 22.5. The Kier molecular flexibility index (Phi) is 7.90. The molecule has 154 valence electrons. The molecule has 1 N–H and O–H groups in total. The molecule has 0 aliphatic heterocycles. The van der Waals surface area contributed by atoms with Gasteiger partial charge in [-0.05, 0) is 38.5 Å². The summed E-state index contributed by atoms with van der Waals surface area (Å²) in [6, 6.07) is 12.8. The zero-order chi connectivity index (χ0) is 21.6. The maximum absolute atomic E-state index is 13.1. The Bertz CT molecular complexity index is 884. The van der Waals surface area contributed by atoms with Crippen molar-refractivity contribution >= 4 is 33.4 Å². The number of hydrogen-bond acceptors (Lipinski definition) is 4. The summed E-state index contributed by atoms with van der Waals surface area (Å²) in [6.07, 6.45) is -0.160. The molecule has 0 unspecified atom stereocenters. The third-order valence-corrected chi connectivity index (χ3v) is 4.92. The Balaban J connectivity index is 2.30. The molecule has 2 amide bonds. The molecule has 0 aliphatic rings. The third-order valence-electron chi connectivity index (χ3n) is 4.39. The van der Waals surface area contributed by atoms with Crippen molar-refractivity contribution in [1.29, 1.82) is 0 Å². The summed E-state index contributed by atoms with van der Waals surface area (Å²) < 4.78 is 0.907. The molecule has 8 heteroatoms. The van der Waals surface area contributed by atoms with E-state index in [1.54, 1.807) is 25.1 Å². The van der Waals surface area contributed by atoms with E-state index in [0.29, 0.717) is 5.56 Å². The number of carbonyl (C=O) groups is 2. The summed E-state index contributed by atoms with van der Waals surface area (Å²) in [5.41, 5.74) is 1.07. The summed E-state index contributed by atoms with van der Waals surface area (Å²) in [5, 5.41) is 14.1. The van der Waals surface area contributed by atoms with Crippen molar-refractivity contribution < 1.29 is 14.5 Å². The van der Waals surface area contributed by atoms with E-state index >= 15 is 0 Å². The number of nitrogens with zero attached hydrogens (tertiary/aromatic N) is 2. The summed E-state index contributed by atoms with van der Waals surface area (Å²) in [6.45, 7) is 5.57. The second kappa shape index (κ2) is 10.2. The molecule has 0 fully saturated rings. The highest BCUT2D eigenvalue weighted by Crippen LogP contribution is 2.21. The summed E-state index contributed by atoms with van der Waals surface area (Å²) in [4.78, 5) is 37.9. The number of carbonyl (C=O) groups excluding carboxylic acids is 2. The fourth-order valence-electron chi connectivity index (χ4n) is 2.88. The number of nitrogens with one attached hydrogen (secondary N) is 1. The number of nitro benzene ring substituents is 1. The van der Waals surface area contributed by atoms with Gasteiger partial charge in [-0.25, -0.2) is 0 Å². The molecular formula is C21H24BrN3O4. The first-order chi connectivity index (χ1) is 13.7. The van der Waals surface area contributed by atoms with Crippen LogP contribution in [0.3, 0.4) is 0 Å². The summed E-state index contributed by atoms with van der Waals surface area (Å²) in [7, 11) is 0. The predicted molar refractivity (Wildman–Crippen MR) is 114 cm³/mol. The molecule has 2 aromatic rings. The number of halogens is 1. The van der Waals surface area contributed by atoms with Gasteiger partial charge in [-0.15, -0.1) is 0 Å². The highest BCUT2D eigenvalue weighted by Gasteiger charge is 2.28. The van der Waals surface area contributed by atoms with Gasteiger partial charge in [0.05, 0.1) is 11.3 Å². The van der Waals surface area contributed by atoms with Crippen molar-refractivity contribution in [3.05, 3.63) is 74.2 Å². The van der Waals surface area contributed by atoms with Gasteiger partial charge in [-0.3, -0.25) is 19.7 Å². The van der Waals surface area contributed by atoms with E-state index in [9.17, 15) is 19.7 Å². The van der Waals surface area contributed by atoms with Crippen LogP contribution in [0.25, 0.3) is 0 Å². The Labute approximate surface area is 178 Å². The van der Waals surface area contributed by atoms with Gasteiger partial charge in [0.15, 0.2) is 0 Å². The van der Waals surface area contributed by atoms with Crippen LogP contribution < -0.4 is 5.32 Å². The van der Waals surface area contributed by atoms with Crippen LogP contribution in [0.1, 0.15) is 31.9 Å². The van der Waals surface area contributed by atoms with Crippen LogP contribution in [0.15, 0.2) is 53.0 Å².